The summed E-state index contributed by atoms with van der Waals surface area (Å²) in [5.74, 6) is -13.8. The molecule has 1 heterocycles. The third-order valence-corrected chi connectivity index (χ3v) is 5.43. The Morgan fingerprint density at radius 2 is 1.56 bits per heavy atom. The van der Waals surface area contributed by atoms with Crippen molar-refractivity contribution < 1.29 is 45.4 Å². The number of carbonyl (C=O) groups is 1. The molecule has 0 fully saturated rings. The minimum atomic E-state index is -2.36. The monoisotopic (exact) mass is 570 g/mol. The molecule has 0 aliphatic rings. The molecule has 1 aromatic heterocycles. The average Bonchev–Trinajstić information content (AvgIpc) is 2.85. The number of aryl methyl sites for hydroxylation is 1. The topological polar surface area (TPSA) is 75.0 Å². The predicted octanol–water partition coefficient (Wildman–Crippen LogP) is 6.34. The molecule has 186 valence electrons. The molecule has 0 saturated heterocycles. The molecule has 12 heteroatoms. The van der Waals surface area contributed by atoms with Gasteiger partial charge in [0.1, 0.15) is 22.8 Å². The number of halogens is 6. The van der Waals surface area contributed by atoms with Crippen LogP contribution in [0.3, 0.4) is 0 Å². The van der Waals surface area contributed by atoms with E-state index in [1.807, 2.05) is 0 Å². The summed E-state index contributed by atoms with van der Waals surface area (Å²) in [6.45, 7) is 0.307. The smallest absolute Gasteiger partial charge is 0.349 e. The fourth-order valence-corrected chi connectivity index (χ4v) is 3.46. The number of para-hydroxylation sites is 1. The zero-order valence-corrected chi connectivity index (χ0v) is 19.6. The highest BCUT2D eigenvalue weighted by atomic mass is 79.9. The van der Waals surface area contributed by atoms with Gasteiger partial charge in [0.15, 0.2) is 12.4 Å². The number of carbonyl (C=O) groups excluding carboxylic acids is 1. The van der Waals surface area contributed by atoms with Gasteiger partial charge in [-0.3, -0.25) is 4.79 Å². The van der Waals surface area contributed by atoms with Crippen molar-refractivity contribution >= 4 is 32.9 Å². The number of ether oxygens (including phenoxy) is 3. The molecule has 0 saturated carbocycles. The number of rotatable bonds is 6. The standard InChI is InChI=1S/C24H12BrF5O6/c1-10-23(36-14-5-3-2-4-13(14)25)22(32)12-7-6-11(8-15(12)34-10)35-16(31)9-33-24-20(29)18(27)17(26)19(28)21(24)30/h2-8H,9H2,1H3. The minimum absolute atomic E-state index is 0.0305. The van der Waals surface area contributed by atoms with Crippen LogP contribution in [0.15, 0.2) is 56.1 Å². The molecule has 0 aliphatic heterocycles. The van der Waals surface area contributed by atoms with Crippen molar-refractivity contribution in [1.82, 2.24) is 0 Å². The van der Waals surface area contributed by atoms with Crippen LogP contribution in [-0.2, 0) is 4.79 Å². The van der Waals surface area contributed by atoms with Crippen molar-refractivity contribution in [2.75, 3.05) is 6.61 Å². The van der Waals surface area contributed by atoms with Gasteiger partial charge in [0.2, 0.25) is 40.3 Å². The lowest BCUT2D eigenvalue weighted by Gasteiger charge is -2.11. The first-order valence-corrected chi connectivity index (χ1v) is 10.7. The number of hydrogen-bond acceptors (Lipinski definition) is 6. The van der Waals surface area contributed by atoms with Crippen molar-refractivity contribution in [3.8, 4) is 23.0 Å². The summed E-state index contributed by atoms with van der Waals surface area (Å²) < 4.78 is 88.3. The molecular weight excluding hydrogens is 559 g/mol. The zero-order valence-electron chi connectivity index (χ0n) is 18.0. The summed E-state index contributed by atoms with van der Waals surface area (Å²) in [7, 11) is 0. The largest absolute Gasteiger partial charge is 0.476 e. The Labute approximate surface area is 206 Å². The molecule has 0 aliphatic carbocycles. The Balaban J connectivity index is 1.53. The first-order valence-electron chi connectivity index (χ1n) is 9.93. The van der Waals surface area contributed by atoms with E-state index in [1.165, 1.54) is 25.1 Å². The maximum Gasteiger partial charge on any atom is 0.349 e. The lowest BCUT2D eigenvalue weighted by molar-refractivity contribution is -0.136. The maximum absolute atomic E-state index is 13.7. The molecule has 0 spiro atoms. The second kappa shape index (κ2) is 9.97. The summed E-state index contributed by atoms with van der Waals surface area (Å²) in [4.78, 5) is 24.9. The quantitative estimate of drug-likeness (QED) is 0.0885. The second-order valence-electron chi connectivity index (χ2n) is 7.17. The first kappa shape index (κ1) is 25.2. The highest BCUT2D eigenvalue weighted by Crippen LogP contribution is 2.32. The summed E-state index contributed by atoms with van der Waals surface area (Å²) in [6, 6.07) is 10.6. The van der Waals surface area contributed by atoms with Crippen LogP contribution in [0.25, 0.3) is 11.0 Å². The van der Waals surface area contributed by atoms with E-state index in [0.717, 1.165) is 0 Å². The van der Waals surface area contributed by atoms with Gasteiger partial charge in [0, 0.05) is 6.07 Å². The molecule has 4 aromatic rings. The highest BCUT2D eigenvalue weighted by Gasteiger charge is 2.27. The van der Waals surface area contributed by atoms with Crippen LogP contribution in [0, 0.1) is 36.0 Å². The summed E-state index contributed by atoms with van der Waals surface area (Å²) >= 11 is 3.32. The lowest BCUT2D eigenvalue weighted by Crippen LogP contribution is -2.19. The van der Waals surface area contributed by atoms with Gasteiger partial charge < -0.3 is 18.6 Å². The first-order chi connectivity index (χ1) is 17.1. The second-order valence-corrected chi connectivity index (χ2v) is 8.02. The van der Waals surface area contributed by atoms with E-state index in [-0.39, 0.29) is 28.2 Å². The molecule has 0 radical (unpaired) electrons. The average molecular weight is 571 g/mol. The van der Waals surface area contributed by atoms with Crippen LogP contribution in [0.5, 0.6) is 23.0 Å². The van der Waals surface area contributed by atoms with Crippen LogP contribution in [-0.4, -0.2) is 12.6 Å². The molecule has 36 heavy (non-hydrogen) atoms. The Morgan fingerprint density at radius 3 is 2.22 bits per heavy atom. The van der Waals surface area contributed by atoms with Crippen LogP contribution in [0.1, 0.15) is 5.76 Å². The van der Waals surface area contributed by atoms with Gasteiger partial charge in [-0.1, -0.05) is 12.1 Å². The van der Waals surface area contributed by atoms with Gasteiger partial charge in [-0.15, -0.1) is 0 Å². The molecule has 3 aromatic carbocycles. The Morgan fingerprint density at radius 1 is 0.917 bits per heavy atom. The third kappa shape index (κ3) is 4.76. The number of fused-ring (bicyclic) bond motifs is 1. The van der Waals surface area contributed by atoms with E-state index in [4.69, 9.17) is 13.9 Å². The molecule has 0 bridgehead atoms. The van der Waals surface area contributed by atoms with Crippen molar-refractivity contribution in [2.24, 2.45) is 0 Å². The number of hydrogen-bond donors (Lipinski definition) is 0. The van der Waals surface area contributed by atoms with Crippen molar-refractivity contribution in [2.45, 2.75) is 6.92 Å². The fraction of sp³-hybridized carbons (Fsp3) is 0.0833. The van der Waals surface area contributed by atoms with E-state index in [1.54, 1.807) is 24.3 Å². The maximum atomic E-state index is 13.7. The Hall–Kier alpha value is -3.93. The van der Waals surface area contributed by atoms with Crippen LogP contribution >= 0.6 is 15.9 Å². The van der Waals surface area contributed by atoms with Gasteiger partial charge in [-0.2, -0.15) is 8.78 Å². The van der Waals surface area contributed by atoms with Crippen LogP contribution in [0.2, 0.25) is 0 Å². The van der Waals surface area contributed by atoms with Crippen molar-refractivity contribution in [1.29, 1.82) is 0 Å². The Kier molecular flexibility index (Phi) is 6.97. The molecule has 0 amide bonds. The SMILES string of the molecule is Cc1oc2cc(OC(=O)COc3c(F)c(F)c(F)c(F)c3F)ccc2c(=O)c1Oc1ccccc1Br. The molecule has 6 nitrogen and oxygen atoms in total. The van der Waals surface area contributed by atoms with E-state index < -0.39 is 52.8 Å². The van der Waals surface area contributed by atoms with E-state index >= 15 is 0 Å². The molecule has 0 unspecified atom stereocenters. The van der Waals surface area contributed by atoms with Crippen molar-refractivity contribution in [3.05, 3.63) is 92.0 Å². The summed E-state index contributed by atoms with van der Waals surface area (Å²) in [5.41, 5.74) is -0.472. The summed E-state index contributed by atoms with van der Waals surface area (Å²) in [5, 5.41) is 0.0973. The van der Waals surface area contributed by atoms with E-state index in [0.29, 0.717) is 10.2 Å². The molecule has 0 atom stereocenters. The van der Waals surface area contributed by atoms with Gasteiger partial charge >= 0.3 is 5.97 Å². The molecule has 4 rings (SSSR count). The number of benzene rings is 3. The molecular formula is C24H12BrF5O6. The van der Waals surface area contributed by atoms with Crippen molar-refractivity contribution in [3.63, 3.8) is 0 Å². The summed E-state index contributed by atoms with van der Waals surface area (Å²) in [6.07, 6.45) is 0. The lowest BCUT2D eigenvalue weighted by atomic mass is 10.2. The van der Waals surface area contributed by atoms with Gasteiger partial charge in [0.25, 0.3) is 0 Å². The van der Waals surface area contributed by atoms with Gasteiger partial charge in [0.05, 0.1) is 9.86 Å². The fourth-order valence-electron chi connectivity index (χ4n) is 3.09. The number of esters is 1. The van der Waals surface area contributed by atoms with Gasteiger partial charge in [-0.05, 0) is 47.1 Å². The highest BCUT2D eigenvalue weighted by molar-refractivity contribution is 9.10. The van der Waals surface area contributed by atoms with E-state index in [9.17, 15) is 31.5 Å². The molecule has 0 N–H and O–H groups in total. The van der Waals surface area contributed by atoms with Gasteiger partial charge in [-0.25, -0.2) is 18.0 Å². The van der Waals surface area contributed by atoms with Crippen LogP contribution < -0.4 is 19.6 Å². The van der Waals surface area contributed by atoms with E-state index in [2.05, 4.69) is 20.7 Å². The Bertz CT molecular complexity index is 1540. The minimum Gasteiger partial charge on any atom is -0.476 e. The van der Waals surface area contributed by atoms with Crippen LogP contribution in [0.4, 0.5) is 22.0 Å². The normalized spacial score (nSPS) is 11.0. The third-order valence-electron chi connectivity index (χ3n) is 4.77. The zero-order chi connectivity index (χ0) is 26.1. The predicted molar refractivity (Wildman–Crippen MR) is 119 cm³/mol.